The van der Waals surface area contributed by atoms with Gasteiger partial charge in [0.25, 0.3) is 0 Å². The molecule has 0 radical (unpaired) electrons. The van der Waals surface area contributed by atoms with Crippen LogP contribution in [-0.2, 0) is 26.3 Å². The Hall–Kier alpha value is 0.646. The topological polar surface area (TPSA) is 26.0 Å². The van der Waals surface area contributed by atoms with Gasteiger partial charge in [0.15, 0.2) is 0 Å². The number of fused-ring (bicyclic) bond motifs is 2. The second kappa shape index (κ2) is 7.77. The smallest absolute Gasteiger partial charge is 0.813 e. The summed E-state index contributed by atoms with van der Waals surface area (Å²) < 4.78 is 0. The fourth-order valence-electron chi connectivity index (χ4n) is 3.36. The zero-order valence-corrected chi connectivity index (χ0v) is 16.8. The van der Waals surface area contributed by atoms with E-state index in [0.717, 1.165) is 12.8 Å². The van der Waals surface area contributed by atoms with Crippen molar-refractivity contribution < 1.29 is 51.4 Å². The van der Waals surface area contributed by atoms with Crippen molar-refractivity contribution in [3.63, 3.8) is 0 Å². The molecular formula is C17H22KNS. The van der Waals surface area contributed by atoms with Crippen LogP contribution in [-0.4, -0.2) is 6.04 Å². The molecule has 0 fully saturated rings. The molecule has 1 atom stereocenters. The van der Waals surface area contributed by atoms with E-state index in [0.29, 0.717) is 0 Å². The Bertz CT molecular complexity index is 561. The molecule has 2 aliphatic rings. The van der Waals surface area contributed by atoms with Crippen LogP contribution in [0, 0.1) is 13.8 Å². The minimum absolute atomic E-state index is 0. The summed E-state index contributed by atoms with van der Waals surface area (Å²) in [4.78, 5) is 0. The van der Waals surface area contributed by atoms with Crippen LogP contribution in [0.2, 0.25) is 0 Å². The fraction of sp³-hybridized carbons (Fsp3) is 0.412. The van der Waals surface area contributed by atoms with Gasteiger partial charge in [0.2, 0.25) is 0 Å². The molecule has 0 saturated heterocycles. The Labute approximate surface area is 172 Å². The monoisotopic (exact) mass is 311 g/mol. The molecule has 1 unspecified atom stereocenters. The Balaban J connectivity index is 0.000001000. The predicted molar refractivity (Wildman–Crippen MR) is 87.4 cm³/mol. The first-order chi connectivity index (χ1) is 8.68. The number of benzene rings is 1. The van der Waals surface area contributed by atoms with E-state index in [-0.39, 0.29) is 70.9 Å². The first kappa shape index (κ1) is 18.7. The van der Waals surface area contributed by atoms with E-state index in [9.17, 15) is 0 Å². The van der Waals surface area contributed by atoms with Crippen LogP contribution in [0.3, 0.4) is 0 Å². The van der Waals surface area contributed by atoms with E-state index in [1.165, 1.54) is 40.7 Å². The Morgan fingerprint density at radius 2 is 1.65 bits per heavy atom. The van der Waals surface area contributed by atoms with Gasteiger partial charge in [-0.1, -0.05) is 24.3 Å². The van der Waals surface area contributed by atoms with Crippen molar-refractivity contribution in [1.29, 1.82) is 0 Å². The molecule has 20 heavy (non-hydrogen) atoms. The van der Waals surface area contributed by atoms with Gasteiger partial charge in [-0.15, -0.1) is 0 Å². The molecule has 0 aromatic heterocycles. The van der Waals surface area contributed by atoms with Gasteiger partial charge in [0, 0.05) is 6.04 Å². The van der Waals surface area contributed by atoms with Gasteiger partial charge >= 0.3 is 51.4 Å². The largest absolute Gasteiger partial charge is 1.00 e. The van der Waals surface area contributed by atoms with Crippen molar-refractivity contribution in [3.8, 4) is 0 Å². The maximum atomic E-state index is 6.18. The van der Waals surface area contributed by atoms with Crippen molar-refractivity contribution in [2.24, 2.45) is 5.73 Å². The first-order valence-electron chi connectivity index (χ1n) is 6.92. The third kappa shape index (κ3) is 3.35. The SMILES string of the molecule is Cc1c2c(c(C)c3c1C=CCC(N)C3)CCC=C2.[K+].[SH-]. The Kier molecular flexibility index (Phi) is 7.26. The normalized spacial score (nSPS) is 19.2. The molecule has 0 amide bonds. The van der Waals surface area contributed by atoms with Gasteiger partial charge < -0.3 is 19.2 Å². The van der Waals surface area contributed by atoms with Crippen molar-refractivity contribution in [2.45, 2.75) is 45.6 Å². The maximum absolute atomic E-state index is 6.18. The Morgan fingerprint density at radius 1 is 1.00 bits per heavy atom. The Morgan fingerprint density at radius 3 is 2.40 bits per heavy atom. The van der Waals surface area contributed by atoms with Crippen LogP contribution in [0.25, 0.3) is 12.2 Å². The molecule has 0 aliphatic heterocycles. The molecular weight excluding hydrogens is 289 g/mol. The first-order valence-corrected chi connectivity index (χ1v) is 6.92. The molecule has 1 nitrogen and oxygen atoms in total. The van der Waals surface area contributed by atoms with Gasteiger partial charge in [-0.3, -0.25) is 0 Å². The molecule has 2 aliphatic carbocycles. The zero-order chi connectivity index (χ0) is 12.7. The average Bonchev–Trinajstić information content (AvgIpc) is 2.58. The van der Waals surface area contributed by atoms with Crippen molar-refractivity contribution in [2.75, 3.05) is 0 Å². The van der Waals surface area contributed by atoms with Crippen LogP contribution >= 0.6 is 0 Å². The number of allylic oxidation sites excluding steroid dienone is 1. The number of hydrogen-bond acceptors (Lipinski definition) is 2. The van der Waals surface area contributed by atoms with Crippen LogP contribution < -0.4 is 57.1 Å². The van der Waals surface area contributed by atoms with E-state index in [4.69, 9.17) is 5.73 Å². The quantitative estimate of drug-likeness (QED) is 0.423. The van der Waals surface area contributed by atoms with Crippen LogP contribution in [0.5, 0.6) is 0 Å². The van der Waals surface area contributed by atoms with Gasteiger partial charge in [-0.25, -0.2) is 0 Å². The van der Waals surface area contributed by atoms with Crippen molar-refractivity contribution >= 4 is 25.6 Å². The number of rotatable bonds is 0. The second-order valence-electron chi connectivity index (χ2n) is 5.58. The minimum Gasteiger partial charge on any atom is -0.813 e. The molecule has 3 rings (SSSR count). The molecule has 0 heterocycles. The van der Waals surface area contributed by atoms with E-state index >= 15 is 0 Å². The standard InChI is InChI=1S/C17H21N.K.H2S/c1-11-14-7-3-4-8-15(14)12(2)17-10-13(18)6-5-9-16(11)17;;/h3,5,7,9,13H,4,6,8,10,18H2,1-2H3;;1H2/q;+1;/p-1. The summed E-state index contributed by atoms with van der Waals surface area (Å²) in [6.07, 6.45) is 13.5. The average molecular weight is 312 g/mol. The van der Waals surface area contributed by atoms with Crippen molar-refractivity contribution in [3.05, 3.63) is 45.5 Å². The van der Waals surface area contributed by atoms with Gasteiger partial charge in [0.1, 0.15) is 0 Å². The van der Waals surface area contributed by atoms with E-state index in [1.54, 1.807) is 5.56 Å². The molecule has 102 valence electrons. The van der Waals surface area contributed by atoms with E-state index < -0.39 is 0 Å². The maximum Gasteiger partial charge on any atom is 1.00 e. The number of hydrogen-bond donors (Lipinski definition) is 1. The second-order valence-corrected chi connectivity index (χ2v) is 5.58. The molecule has 0 spiro atoms. The molecule has 2 N–H and O–H groups in total. The number of nitrogens with two attached hydrogens (primary N) is 1. The van der Waals surface area contributed by atoms with Gasteiger partial charge in [-0.2, -0.15) is 0 Å². The van der Waals surface area contributed by atoms with Crippen LogP contribution in [0.4, 0.5) is 0 Å². The molecule has 3 heteroatoms. The van der Waals surface area contributed by atoms with Crippen molar-refractivity contribution in [1.82, 2.24) is 0 Å². The number of thiol groups is 1. The summed E-state index contributed by atoms with van der Waals surface area (Å²) >= 11 is 0. The van der Waals surface area contributed by atoms with E-state index in [1.807, 2.05) is 0 Å². The minimum atomic E-state index is 0. The molecule has 0 bridgehead atoms. The van der Waals surface area contributed by atoms with Crippen LogP contribution in [0.1, 0.15) is 46.2 Å². The summed E-state index contributed by atoms with van der Waals surface area (Å²) in [6, 6.07) is 0.276. The molecule has 1 aromatic rings. The summed E-state index contributed by atoms with van der Waals surface area (Å²) in [7, 11) is 0. The summed E-state index contributed by atoms with van der Waals surface area (Å²) in [6.45, 7) is 4.54. The van der Waals surface area contributed by atoms with E-state index in [2.05, 4.69) is 38.2 Å². The summed E-state index contributed by atoms with van der Waals surface area (Å²) in [5.41, 5.74) is 15.0. The molecule has 1 aromatic carbocycles. The fourth-order valence-corrected chi connectivity index (χ4v) is 3.36. The third-order valence-electron chi connectivity index (χ3n) is 4.40. The zero-order valence-electron chi connectivity index (χ0n) is 12.7. The summed E-state index contributed by atoms with van der Waals surface area (Å²) in [5, 5.41) is 0. The van der Waals surface area contributed by atoms with Crippen LogP contribution in [0.15, 0.2) is 12.2 Å². The van der Waals surface area contributed by atoms with Gasteiger partial charge in [0.05, 0.1) is 0 Å². The predicted octanol–water partition coefficient (Wildman–Crippen LogP) is 0.283. The van der Waals surface area contributed by atoms with Gasteiger partial charge in [-0.05, 0) is 72.9 Å². The third-order valence-corrected chi connectivity index (χ3v) is 4.40. The summed E-state index contributed by atoms with van der Waals surface area (Å²) in [5.74, 6) is 0. The molecule has 0 saturated carbocycles.